The first-order chi connectivity index (χ1) is 11.6. The fraction of sp³-hybridized carbons (Fsp3) is 0.150. The molecule has 0 fully saturated rings. The summed E-state index contributed by atoms with van der Waals surface area (Å²) in [5.41, 5.74) is 4.68. The quantitative estimate of drug-likeness (QED) is 0.614. The zero-order chi connectivity index (χ0) is 17.1. The van der Waals surface area contributed by atoms with Crippen molar-refractivity contribution < 1.29 is 0 Å². The summed E-state index contributed by atoms with van der Waals surface area (Å²) in [7, 11) is 0. The van der Waals surface area contributed by atoms with Gasteiger partial charge in [-0.15, -0.1) is 0 Å². The maximum Gasteiger partial charge on any atom is 0.130 e. The van der Waals surface area contributed by atoms with Crippen LogP contribution in [0.5, 0.6) is 0 Å². The fourth-order valence-corrected chi connectivity index (χ4v) is 3.31. The van der Waals surface area contributed by atoms with Gasteiger partial charge in [-0.25, -0.2) is 4.98 Å². The van der Waals surface area contributed by atoms with E-state index >= 15 is 0 Å². The summed E-state index contributed by atoms with van der Waals surface area (Å²) in [5, 5.41) is 5.32. The van der Waals surface area contributed by atoms with Crippen molar-refractivity contribution in [1.29, 1.82) is 0 Å². The van der Waals surface area contributed by atoms with E-state index in [0.717, 1.165) is 27.0 Å². The highest BCUT2D eigenvalue weighted by Gasteiger charge is 2.09. The van der Waals surface area contributed by atoms with E-state index in [2.05, 4.69) is 59.1 Å². The average Bonchev–Trinajstić information content (AvgIpc) is 3.00. The Hall–Kier alpha value is -2.46. The number of para-hydroxylation sites is 1. The highest BCUT2D eigenvalue weighted by Crippen LogP contribution is 2.34. The van der Waals surface area contributed by atoms with Crippen molar-refractivity contribution in [3.05, 3.63) is 77.1 Å². The molecule has 3 nitrogen and oxygen atoms in total. The SMILES string of the molecule is C=C(Nc1ccc(C)cn1)S/C(=C\C)c1cc2cccc(C)c2[nH]1. The molecule has 0 unspecified atom stereocenters. The zero-order valence-electron chi connectivity index (χ0n) is 14.2. The lowest BCUT2D eigenvalue weighted by molar-refractivity contribution is 1.26. The molecule has 0 amide bonds. The van der Waals surface area contributed by atoms with Gasteiger partial charge in [0, 0.05) is 22.0 Å². The molecule has 0 bridgehead atoms. The van der Waals surface area contributed by atoms with Crippen molar-refractivity contribution in [3.8, 4) is 0 Å². The van der Waals surface area contributed by atoms with E-state index in [4.69, 9.17) is 0 Å². The van der Waals surface area contributed by atoms with Gasteiger partial charge in [0.25, 0.3) is 0 Å². The molecule has 0 aliphatic rings. The number of hydrogen-bond acceptors (Lipinski definition) is 3. The standard InChI is InChI=1S/C20H21N3S/c1-5-18(17-11-16-8-6-7-14(3)20(16)23-17)24-15(4)22-19-10-9-13(2)12-21-19/h5-12,23H,4H2,1-3H3,(H,21,22)/b18-5-. The van der Waals surface area contributed by atoms with Gasteiger partial charge in [0.05, 0.1) is 10.7 Å². The van der Waals surface area contributed by atoms with Crippen LogP contribution in [0.1, 0.15) is 23.7 Å². The van der Waals surface area contributed by atoms with Gasteiger partial charge < -0.3 is 10.3 Å². The van der Waals surface area contributed by atoms with E-state index in [1.165, 1.54) is 16.5 Å². The van der Waals surface area contributed by atoms with Gasteiger partial charge in [0.2, 0.25) is 0 Å². The van der Waals surface area contributed by atoms with Crippen LogP contribution in [-0.4, -0.2) is 9.97 Å². The Balaban J connectivity index is 1.77. The number of thioether (sulfide) groups is 1. The highest BCUT2D eigenvalue weighted by molar-refractivity contribution is 8.11. The molecule has 24 heavy (non-hydrogen) atoms. The molecule has 3 aromatic rings. The van der Waals surface area contributed by atoms with Gasteiger partial charge in [0.1, 0.15) is 5.82 Å². The maximum atomic E-state index is 4.36. The third kappa shape index (κ3) is 3.54. The van der Waals surface area contributed by atoms with E-state index in [0.29, 0.717) is 0 Å². The smallest absolute Gasteiger partial charge is 0.130 e. The Morgan fingerprint density at radius 2 is 2.08 bits per heavy atom. The largest absolute Gasteiger partial charge is 0.354 e. The van der Waals surface area contributed by atoms with Gasteiger partial charge >= 0.3 is 0 Å². The second-order valence-corrected chi connectivity index (χ2v) is 6.88. The summed E-state index contributed by atoms with van der Waals surface area (Å²) < 4.78 is 0. The number of aromatic amines is 1. The van der Waals surface area contributed by atoms with Crippen LogP contribution in [0.2, 0.25) is 0 Å². The lowest BCUT2D eigenvalue weighted by Gasteiger charge is -2.10. The van der Waals surface area contributed by atoms with Crippen molar-refractivity contribution >= 4 is 33.4 Å². The Morgan fingerprint density at radius 1 is 1.25 bits per heavy atom. The summed E-state index contributed by atoms with van der Waals surface area (Å²) in [5.74, 6) is 0.807. The summed E-state index contributed by atoms with van der Waals surface area (Å²) in [6.45, 7) is 10.3. The first-order valence-corrected chi connectivity index (χ1v) is 8.70. The average molecular weight is 335 g/mol. The number of aryl methyl sites for hydroxylation is 2. The van der Waals surface area contributed by atoms with E-state index < -0.39 is 0 Å². The number of pyridine rings is 1. The van der Waals surface area contributed by atoms with Crippen LogP contribution in [0.25, 0.3) is 15.8 Å². The zero-order valence-corrected chi connectivity index (χ0v) is 15.0. The number of anilines is 1. The van der Waals surface area contributed by atoms with Crippen molar-refractivity contribution in [2.45, 2.75) is 20.8 Å². The predicted molar refractivity (Wildman–Crippen MR) is 106 cm³/mol. The summed E-state index contributed by atoms with van der Waals surface area (Å²) in [4.78, 5) is 9.01. The minimum absolute atomic E-state index is 0.807. The molecule has 0 saturated carbocycles. The molecule has 2 heterocycles. The van der Waals surface area contributed by atoms with Gasteiger partial charge in [-0.2, -0.15) is 0 Å². The Morgan fingerprint density at radius 3 is 2.75 bits per heavy atom. The molecular weight excluding hydrogens is 314 g/mol. The van der Waals surface area contributed by atoms with E-state index in [1.54, 1.807) is 11.8 Å². The number of benzene rings is 1. The van der Waals surface area contributed by atoms with Gasteiger partial charge in [0.15, 0.2) is 0 Å². The van der Waals surface area contributed by atoms with Crippen LogP contribution in [0.4, 0.5) is 5.82 Å². The monoisotopic (exact) mass is 335 g/mol. The van der Waals surface area contributed by atoms with Crippen molar-refractivity contribution in [2.24, 2.45) is 0 Å². The molecular formula is C20H21N3S. The molecule has 0 atom stereocenters. The van der Waals surface area contributed by atoms with Crippen molar-refractivity contribution in [3.63, 3.8) is 0 Å². The van der Waals surface area contributed by atoms with E-state index in [-0.39, 0.29) is 0 Å². The summed E-state index contributed by atoms with van der Waals surface area (Å²) in [6, 6.07) is 12.5. The summed E-state index contributed by atoms with van der Waals surface area (Å²) >= 11 is 1.60. The minimum Gasteiger partial charge on any atom is -0.354 e. The number of aromatic nitrogens is 2. The third-order valence-corrected chi connectivity index (χ3v) is 4.83. The van der Waals surface area contributed by atoms with E-state index in [1.807, 2.05) is 32.2 Å². The third-order valence-electron chi connectivity index (χ3n) is 3.80. The minimum atomic E-state index is 0.807. The number of H-pyrrole nitrogens is 1. The van der Waals surface area contributed by atoms with Crippen LogP contribution in [-0.2, 0) is 0 Å². The molecule has 4 heteroatoms. The highest BCUT2D eigenvalue weighted by atomic mass is 32.2. The molecule has 2 aromatic heterocycles. The van der Waals surface area contributed by atoms with Gasteiger partial charge in [-0.1, -0.05) is 48.7 Å². The Bertz CT molecular complexity index is 904. The Kier molecular flexibility index (Phi) is 4.76. The number of rotatable bonds is 5. The fourth-order valence-electron chi connectivity index (χ4n) is 2.55. The maximum absolute atomic E-state index is 4.36. The number of allylic oxidation sites excluding steroid dienone is 1. The number of nitrogens with zero attached hydrogens (tertiary/aromatic N) is 1. The molecule has 0 radical (unpaired) electrons. The van der Waals surface area contributed by atoms with Crippen LogP contribution in [0, 0.1) is 13.8 Å². The van der Waals surface area contributed by atoms with E-state index in [9.17, 15) is 0 Å². The van der Waals surface area contributed by atoms with Gasteiger partial charge in [-0.05, 0) is 44.0 Å². The molecule has 2 N–H and O–H groups in total. The van der Waals surface area contributed by atoms with Crippen LogP contribution < -0.4 is 5.32 Å². The molecule has 0 aliphatic heterocycles. The number of nitrogens with one attached hydrogen (secondary N) is 2. The summed E-state index contributed by atoms with van der Waals surface area (Å²) in [6.07, 6.45) is 3.94. The van der Waals surface area contributed by atoms with Crippen LogP contribution in [0.3, 0.4) is 0 Å². The number of fused-ring (bicyclic) bond motifs is 1. The topological polar surface area (TPSA) is 40.7 Å². The van der Waals surface area contributed by atoms with Crippen LogP contribution in [0.15, 0.2) is 60.3 Å². The Labute approximate surface area is 146 Å². The predicted octanol–water partition coefficient (Wildman–Crippen LogP) is 5.86. The van der Waals surface area contributed by atoms with Crippen molar-refractivity contribution in [2.75, 3.05) is 5.32 Å². The van der Waals surface area contributed by atoms with Crippen LogP contribution >= 0.6 is 11.8 Å². The number of hydrogen-bond donors (Lipinski definition) is 2. The molecule has 0 saturated heterocycles. The second-order valence-electron chi connectivity index (χ2n) is 5.75. The first kappa shape index (κ1) is 16.4. The second kappa shape index (κ2) is 6.97. The molecule has 3 rings (SSSR count). The molecule has 0 aliphatic carbocycles. The lowest BCUT2D eigenvalue weighted by atomic mass is 10.2. The van der Waals surface area contributed by atoms with Gasteiger partial charge in [-0.3, -0.25) is 0 Å². The van der Waals surface area contributed by atoms with Crippen molar-refractivity contribution in [1.82, 2.24) is 9.97 Å². The molecule has 1 aromatic carbocycles. The lowest BCUT2D eigenvalue weighted by Crippen LogP contribution is -1.97. The molecule has 0 spiro atoms. The normalized spacial score (nSPS) is 11.7. The molecule has 122 valence electrons. The first-order valence-electron chi connectivity index (χ1n) is 7.88.